The quantitative estimate of drug-likeness (QED) is 0.409. The molecule has 0 aliphatic heterocycles. The van der Waals surface area contributed by atoms with Crippen molar-refractivity contribution < 1.29 is 4.79 Å². The van der Waals surface area contributed by atoms with Gasteiger partial charge in [-0.1, -0.05) is 39.3 Å². The van der Waals surface area contributed by atoms with Gasteiger partial charge in [0.15, 0.2) is 0 Å². The smallest absolute Gasteiger partial charge is 0.332 e. The summed E-state index contributed by atoms with van der Waals surface area (Å²) in [6.45, 7) is 12.0. The minimum atomic E-state index is -0.638. The molecule has 0 heterocycles. The molecule has 2 amide bonds. The second-order valence-electron chi connectivity index (χ2n) is 4.19. The number of allylic oxidation sites excluding steroid dienone is 1. The van der Waals surface area contributed by atoms with Crippen LogP contribution in [0.3, 0.4) is 0 Å². The minimum Gasteiger partial charge on any atom is -0.350 e. The highest BCUT2D eigenvalue weighted by molar-refractivity contribution is 5.92. The summed E-state index contributed by atoms with van der Waals surface area (Å²) in [5.74, 6) is 0. The number of carbonyl (C=O) groups is 1. The normalized spacial score (nSPS) is 12.4. The van der Waals surface area contributed by atoms with E-state index in [-0.39, 0.29) is 5.41 Å². The van der Waals surface area contributed by atoms with Crippen LogP contribution in [0.2, 0.25) is 0 Å². The highest BCUT2D eigenvalue weighted by Gasteiger charge is 2.25. The minimum absolute atomic E-state index is 0.210. The third-order valence-electron chi connectivity index (χ3n) is 2.58. The molecule has 0 saturated heterocycles. The lowest BCUT2D eigenvalue weighted by Gasteiger charge is -2.27. The zero-order valence-corrected chi connectivity index (χ0v) is 10.1. The fourth-order valence-corrected chi connectivity index (χ4v) is 1.11. The van der Waals surface area contributed by atoms with Crippen LogP contribution in [0.1, 0.15) is 40.5 Å². The number of nitrogens with two attached hydrogens (primary N) is 1. The SMILES string of the molecule is C=C(C)C(C)(C)C(CCC)=NNC(N)=O. The predicted molar refractivity (Wildman–Crippen MR) is 63.7 cm³/mol. The number of hydrazone groups is 1. The van der Waals surface area contributed by atoms with Gasteiger partial charge in [-0.05, 0) is 13.3 Å². The highest BCUT2D eigenvalue weighted by Crippen LogP contribution is 2.28. The van der Waals surface area contributed by atoms with Gasteiger partial charge in [0, 0.05) is 11.1 Å². The topological polar surface area (TPSA) is 67.5 Å². The third kappa shape index (κ3) is 4.14. The number of amides is 2. The Bertz CT molecular complexity index is 280. The van der Waals surface area contributed by atoms with Crippen molar-refractivity contribution in [1.82, 2.24) is 5.43 Å². The second kappa shape index (κ2) is 5.53. The number of hydrogen-bond donors (Lipinski definition) is 2. The predicted octanol–water partition coefficient (Wildman–Crippen LogP) is 2.41. The molecule has 86 valence electrons. The lowest BCUT2D eigenvalue weighted by atomic mass is 9.79. The molecule has 0 unspecified atom stereocenters. The first kappa shape index (κ1) is 13.7. The van der Waals surface area contributed by atoms with Gasteiger partial charge in [0.2, 0.25) is 0 Å². The van der Waals surface area contributed by atoms with Crippen molar-refractivity contribution in [3.05, 3.63) is 12.2 Å². The average molecular weight is 211 g/mol. The summed E-state index contributed by atoms with van der Waals surface area (Å²) in [6.07, 6.45) is 1.79. The van der Waals surface area contributed by atoms with Gasteiger partial charge in [-0.25, -0.2) is 10.2 Å². The monoisotopic (exact) mass is 211 g/mol. The van der Waals surface area contributed by atoms with Gasteiger partial charge < -0.3 is 5.73 Å². The Labute approximate surface area is 91.6 Å². The number of primary amides is 1. The molecule has 0 aromatic rings. The Balaban J connectivity index is 4.87. The molecule has 0 radical (unpaired) electrons. The molecule has 4 heteroatoms. The van der Waals surface area contributed by atoms with Gasteiger partial charge in [-0.15, -0.1) is 0 Å². The summed E-state index contributed by atoms with van der Waals surface area (Å²) in [5, 5.41) is 4.04. The molecular weight excluding hydrogens is 190 g/mol. The van der Waals surface area contributed by atoms with E-state index in [2.05, 4.69) is 24.0 Å². The van der Waals surface area contributed by atoms with E-state index in [1.807, 2.05) is 20.8 Å². The molecule has 15 heavy (non-hydrogen) atoms. The van der Waals surface area contributed by atoms with Crippen LogP contribution in [-0.2, 0) is 0 Å². The van der Waals surface area contributed by atoms with Crippen molar-refractivity contribution in [3.63, 3.8) is 0 Å². The van der Waals surface area contributed by atoms with Crippen molar-refractivity contribution in [1.29, 1.82) is 0 Å². The molecule has 0 fully saturated rings. The van der Waals surface area contributed by atoms with E-state index < -0.39 is 6.03 Å². The van der Waals surface area contributed by atoms with Crippen LogP contribution in [0.5, 0.6) is 0 Å². The fourth-order valence-electron chi connectivity index (χ4n) is 1.11. The van der Waals surface area contributed by atoms with Crippen molar-refractivity contribution in [3.8, 4) is 0 Å². The first-order chi connectivity index (χ1) is 6.82. The third-order valence-corrected chi connectivity index (χ3v) is 2.58. The Hall–Kier alpha value is -1.32. The molecule has 0 bridgehead atoms. The number of rotatable bonds is 5. The summed E-state index contributed by atoms with van der Waals surface area (Å²) >= 11 is 0. The van der Waals surface area contributed by atoms with Crippen molar-refractivity contribution in [2.45, 2.75) is 40.5 Å². The molecule has 0 aliphatic carbocycles. The van der Waals surface area contributed by atoms with Crippen LogP contribution in [0.25, 0.3) is 0 Å². The first-order valence-electron chi connectivity index (χ1n) is 5.10. The van der Waals surface area contributed by atoms with E-state index in [0.717, 1.165) is 24.1 Å². The number of nitrogens with one attached hydrogen (secondary N) is 1. The van der Waals surface area contributed by atoms with Crippen molar-refractivity contribution >= 4 is 11.7 Å². The van der Waals surface area contributed by atoms with Crippen LogP contribution in [-0.4, -0.2) is 11.7 Å². The lowest BCUT2D eigenvalue weighted by molar-refractivity contribution is 0.249. The molecule has 0 aromatic carbocycles. The highest BCUT2D eigenvalue weighted by atomic mass is 16.2. The molecular formula is C11H21N3O. The summed E-state index contributed by atoms with van der Waals surface area (Å²) in [5.41, 5.74) is 8.96. The first-order valence-corrected chi connectivity index (χ1v) is 5.10. The van der Waals surface area contributed by atoms with E-state index in [1.165, 1.54) is 0 Å². The standard InChI is InChI=1S/C11H21N3O/c1-6-7-9(13-14-10(12)15)11(4,5)8(2)3/h2,6-7H2,1,3-5H3,(H3,12,14,15). The van der Waals surface area contributed by atoms with Crippen molar-refractivity contribution in [2.75, 3.05) is 0 Å². The molecule has 0 aliphatic rings. The lowest BCUT2D eigenvalue weighted by Crippen LogP contribution is -2.31. The van der Waals surface area contributed by atoms with E-state index in [0.29, 0.717) is 0 Å². The molecule has 0 aromatic heterocycles. The van der Waals surface area contributed by atoms with Gasteiger partial charge in [0.25, 0.3) is 0 Å². The van der Waals surface area contributed by atoms with Crippen LogP contribution < -0.4 is 11.2 Å². The van der Waals surface area contributed by atoms with E-state index in [1.54, 1.807) is 0 Å². The molecule has 0 rings (SSSR count). The number of hydrogen-bond acceptors (Lipinski definition) is 2. The summed E-state index contributed by atoms with van der Waals surface area (Å²) in [4.78, 5) is 10.6. The van der Waals surface area contributed by atoms with E-state index in [4.69, 9.17) is 5.73 Å². The second-order valence-corrected chi connectivity index (χ2v) is 4.19. The van der Waals surface area contributed by atoms with Crippen LogP contribution >= 0.6 is 0 Å². The van der Waals surface area contributed by atoms with Gasteiger partial charge in [-0.2, -0.15) is 5.10 Å². The number of carbonyl (C=O) groups excluding carboxylic acids is 1. The Kier molecular flexibility index (Phi) is 5.05. The maximum Gasteiger partial charge on any atom is 0.332 e. The summed E-state index contributed by atoms with van der Waals surface area (Å²) in [6, 6.07) is -0.638. The molecule has 0 atom stereocenters. The van der Waals surface area contributed by atoms with Gasteiger partial charge in [-0.3, -0.25) is 0 Å². The van der Waals surface area contributed by atoms with E-state index in [9.17, 15) is 4.79 Å². The van der Waals surface area contributed by atoms with Gasteiger partial charge in [0.1, 0.15) is 0 Å². The Morgan fingerprint density at radius 2 is 2.07 bits per heavy atom. The Morgan fingerprint density at radius 1 is 1.53 bits per heavy atom. The van der Waals surface area contributed by atoms with Gasteiger partial charge in [0.05, 0.1) is 0 Å². The van der Waals surface area contributed by atoms with Crippen molar-refractivity contribution in [2.24, 2.45) is 16.3 Å². The molecule has 3 N–H and O–H groups in total. The zero-order chi connectivity index (χ0) is 12.1. The van der Waals surface area contributed by atoms with Crippen LogP contribution in [0.15, 0.2) is 17.3 Å². The number of nitrogens with zero attached hydrogens (tertiary/aromatic N) is 1. The average Bonchev–Trinajstić information content (AvgIpc) is 2.11. The summed E-state index contributed by atoms with van der Waals surface area (Å²) < 4.78 is 0. The maximum absolute atomic E-state index is 10.6. The van der Waals surface area contributed by atoms with Gasteiger partial charge >= 0.3 is 6.03 Å². The maximum atomic E-state index is 10.6. The van der Waals surface area contributed by atoms with Crippen LogP contribution in [0, 0.1) is 5.41 Å². The Morgan fingerprint density at radius 3 is 2.40 bits per heavy atom. The van der Waals surface area contributed by atoms with Crippen LogP contribution in [0.4, 0.5) is 4.79 Å². The molecule has 4 nitrogen and oxygen atoms in total. The molecule has 0 saturated carbocycles. The van der Waals surface area contributed by atoms with E-state index >= 15 is 0 Å². The largest absolute Gasteiger partial charge is 0.350 e. The number of urea groups is 1. The summed E-state index contributed by atoms with van der Waals surface area (Å²) in [7, 11) is 0. The molecule has 0 spiro atoms. The fraction of sp³-hybridized carbons (Fsp3) is 0.636. The zero-order valence-electron chi connectivity index (χ0n) is 10.1.